The summed E-state index contributed by atoms with van der Waals surface area (Å²) in [5.74, 6) is 0. The Morgan fingerprint density at radius 1 is 1.38 bits per heavy atom. The van der Waals surface area contributed by atoms with Crippen LogP contribution in [-0.4, -0.2) is 22.5 Å². The Kier molecular flexibility index (Phi) is 3.70. The van der Waals surface area contributed by atoms with Gasteiger partial charge in [0.25, 0.3) is 0 Å². The molecule has 1 aromatic heterocycles. The molecule has 0 bridgehead atoms. The highest BCUT2D eigenvalue weighted by Crippen LogP contribution is 2.36. The van der Waals surface area contributed by atoms with Crippen LogP contribution >= 0.6 is 0 Å². The van der Waals surface area contributed by atoms with Gasteiger partial charge in [-0.2, -0.15) is 0 Å². The molecule has 0 unspecified atom stereocenters. The van der Waals surface area contributed by atoms with E-state index in [0.29, 0.717) is 6.04 Å². The Bertz CT molecular complexity index is 329. The van der Waals surface area contributed by atoms with Gasteiger partial charge in [-0.25, -0.2) is 0 Å². The first kappa shape index (κ1) is 11.7. The molecule has 16 heavy (non-hydrogen) atoms. The summed E-state index contributed by atoms with van der Waals surface area (Å²) in [6.07, 6.45) is 7.12. The molecule has 0 amide bonds. The minimum atomic E-state index is 0.648. The van der Waals surface area contributed by atoms with Gasteiger partial charge in [-0.15, -0.1) is 0 Å². The second-order valence-corrected chi connectivity index (χ2v) is 4.81. The highest BCUT2D eigenvalue weighted by atomic mass is 15.2. The van der Waals surface area contributed by atoms with Gasteiger partial charge in [-0.3, -0.25) is 4.90 Å². The topological polar surface area (TPSA) is 19.0 Å². The fourth-order valence-electron chi connectivity index (χ4n) is 3.14. The van der Waals surface area contributed by atoms with Gasteiger partial charge in [0, 0.05) is 30.4 Å². The highest BCUT2D eigenvalue weighted by molar-refractivity contribution is 5.28. The third kappa shape index (κ3) is 1.91. The van der Waals surface area contributed by atoms with Crippen LogP contribution in [0.1, 0.15) is 57.3 Å². The lowest BCUT2D eigenvalue weighted by atomic mass is 9.90. The standard InChI is InChI=1S/C14H24N2/c1-4-7-14-12-8-9-15-13(12)10-11(5-2)16(14)6-3/h8-9,11,14-15H,4-7,10H2,1-3H3/t11-,14-/m0/s1. The van der Waals surface area contributed by atoms with E-state index in [9.17, 15) is 0 Å². The van der Waals surface area contributed by atoms with E-state index < -0.39 is 0 Å². The van der Waals surface area contributed by atoms with Gasteiger partial charge in [0.2, 0.25) is 0 Å². The number of hydrogen-bond donors (Lipinski definition) is 1. The van der Waals surface area contributed by atoms with E-state index in [1.54, 1.807) is 5.56 Å². The van der Waals surface area contributed by atoms with Crippen molar-refractivity contribution in [3.05, 3.63) is 23.5 Å². The zero-order valence-electron chi connectivity index (χ0n) is 10.8. The number of aromatic amines is 1. The zero-order chi connectivity index (χ0) is 11.5. The average Bonchev–Trinajstić information content (AvgIpc) is 2.76. The van der Waals surface area contributed by atoms with Gasteiger partial charge in [0.05, 0.1) is 0 Å². The average molecular weight is 220 g/mol. The summed E-state index contributed by atoms with van der Waals surface area (Å²) in [6, 6.07) is 3.66. The molecule has 1 aliphatic heterocycles. The summed E-state index contributed by atoms with van der Waals surface area (Å²) in [4.78, 5) is 6.12. The van der Waals surface area contributed by atoms with Crippen molar-refractivity contribution in [2.75, 3.05) is 6.54 Å². The van der Waals surface area contributed by atoms with E-state index in [2.05, 4.69) is 42.9 Å². The first-order valence-corrected chi connectivity index (χ1v) is 6.73. The first-order chi connectivity index (χ1) is 7.81. The molecule has 1 N–H and O–H groups in total. The minimum absolute atomic E-state index is 0.648. The Morgan fingerprint density at radius 2 is 2.19 bits per heavy atom. The largest absolute Gasteiger partial charge is 0.365 e. The van der Waals surface area contributed by atoms with Gasteiger partial charge in [-0.1, -0.05) is 27.2 Å². The van der Waals surface area contributed by atoms with Crippen LogP contribution in [0.3, 0.4) is 0 Å². The minimum Gasteiger partial charge on any atom is -0.365 e. The van der Waals surface area contributed by atoms with Crippen LogP contribution in [-0.2, 0) is 6.42 Å². The lowest BCUT2D eigenvalue weighted by Crippen LogP contribution is -2.43. The van der Waals surface area contributed by atoms with Crippen LogP contribution in [0.25, 0.3) is 0 Å². The summed E-state index contributed by atoms with van der Waals surface area (Å²) in [6.45, 7) is 8.07. The van der Waals surface area contributed by atoms with Crippen molar-refractivity contribution in [2.45, 2.75) is 58.5 Å². The van der Waals surface area contributed by atoms with E-state index in [4.69, 9.17) is 0 Å². The molecule has 2 nitrogen and oxygen atoms in total. The predicted molar refractivity (Wildman–Crippen MR) is 68.6 cm³/mol. The number of fused-ring (bicyclic) bond motifs is 1. The molecule has 0 fully saturated rings. The van der Waals surface area contributed by atoms with Crippen LogP contribution < -0.4 is 0 Å². The second-order valence-electron chi connectivity index (χ2n) is 4.81. The molecular formula is C14H24N2. The highest BCUT2D eigenvalue weighted by Gasteiger charge is 2.32. The number of nitrogens with one attached hydrogen (secondary N) is 1. The fraction of sp³-hybridized carbons (Fsp3) is 0.714. The smallest absolute Gasteiger partial charge is 0.0368 e. The number of likely N-dealkylation sites (N-methyl/N-ethyl adjacent to an activating group) is 1. The third-order valence-electron chi connectivity index (χ3n) is 3.94. The van der Waals surface area contributed by atoms with E-state index in [0.717, 1.165) is 6.04 Å². The van der Waals surface area contributed by atoms with E-state index in [1.165, 1.54) is 37.9 Å². The Balaban J connectivity index is 2.30. The normalized spacial score (nSPS) is 25.7. The fourth-order valence-corrected chi connectivity index (χ4v) is 3.14. The van der Waals surface area contributed by atoms with Gasteiger partial charge in [-0.05, 0) is 31.0 Å². The molecule has 2 atom stereocenters. The van der Waals surface area contributed by atoms with Crippen LogP contribution in [0, 0.1) is 0 Å². The molecule has 0 spiro atoms. The van der Waals surface area contributed by atoms with Crippen molar-refractivity contribution in [1.82, 2.24) is 9.88 Å². The van der Waals surface area contributed by atoms with Crippen LogP contribution in [0.5, 0.6) is 0 Å². The first-order valence-electron chi connectivity index (χ1n) is 6.73. The zero-order valence-corrected chi connectivity index (χ0v) is 10.8. The van der Waals surface area contributed by atoms with Crippen molar-refractivity contribution in [3.63, 3.8) is 0 Å². The SMILES string of the molecule is CCC[C@H]1c2cc[nH]c2C[C@H](CC)N1CC. The number of aromatic nitrogens is 1. The summed E-state index contributed by atoms with van der Waals surface area (Å²) < 4.78 is 0. The molecule has 2 heterocycles. The van der Waals surface area contributed by atoms with E-state index >= 15 is 0 Å². The Morgan fingerprint density at radius 3 is 2.81 bits per heavy atom. The lowest BCUT2D eigenvalue weighted by molar-refractivity contribution is 0.113. The van der Waals surface area contributed by atoms with Gasteiger partial charge in [0.1, 0.15) is 0 Å². The Hall–Kier alpha value is -0.760. The number of H-pyrrole nitrogens is 1. The van der Waals surface area contributed by atoms with Crippen LogP contribution in [0.15, 0.2) is 12.3 Å². The second kappa shape index (κ2) is 5.05. The monoisotopic (exact) mass is 220 g/mol. The van der Waals surface area contributed by atoms with Crippen molar-refractivity contribution in [2.24, 2.45) is 0 Å². The Labute approximate surface area is 99.0 Å². The molecule has 0 radical (unpaired) electrons. The molecule has 1 aromatic rings. The summed E-state index contributed by atoms with van der Waals surface area (Å²) in [5, 5.41) is 0. The number of rotatable bonds is 4. The summed E-state index contributed by atoms with van der Waals surface area (Å²) in [7, 11) is 0. The van der Waals surface area contributed by atoms with Crippen molar-refractivity contribution in [1.29, 1.82) is 0 Å². The van der Waals surface area contributed by atoms with Crippen molar-refractivity contribution < 1.29 is 0 Å². The van der Waals surface area contributed by atoms with Crippen molar-refractivity contribution in [3.8, 4) is 0 Å². The summed E-state index contributed by atoms with van der Waals surface area (Å²) >= 11 is 0. The van der Waals surface area contributed by atoms with E-state index in [-0.39, 0.29) is 0 Å². The molecule has 90 valence electrons. The lowest BCUT2D eigenvalue weighted by Gasteiger charge is -2.41. The number of nitrogens with zero attached hydrogens (tertiary/aromatic N) is 1. The third-order valence-corrected chi connectivity index (χ3v) is 3.94. The molecule has 2 rings (SSSR count). The molecule has 0 saturated heterocycles. The molecular weight excluding hydrogens is 196 g/mol. The predicted octanol–water partition coefficient (Wildman–Crippen LogP) is 3.51. The maximum absolute atomic E-state index is 3.43. The van der Waals surface area contributed by atoms with Gasteiger partial charge < -0.3 is 4.98 Å². The van der Waals surface area contributed by atoms with Crippen molar-refractivity contribution >= 4 is 0 Å². The molecule has 0 saturated carbocycles. The van der Waals surface area contributed by atoms with E-state index in [1.807, 2.05) is 0 Å². The van der Waals surface area contributed by atoms with Crippen LogP contribution in [0.2, 0.25) is 0 Å². The number of hydrogen-bond acceptors (Lipinski definition) is 1. The molecule has 0 aliphatic carbocycles. The maximum Gasteiger partial charge on any atom is 0.0368 e. The maximum atomic E-state index is 3.43. The van der Waals surface area contributed by atoms with Gasteiger partial charge in [0.15, 0.2) is 0 Å². The van der Waals surface area contributed by atoms with Crippen LogP contribution in [0.4, 0.5) is 0 Å². The summed E-state index contributed by atoms with van der Waals surface area (Å²) in [5.41, 5.74) is 3.03. The van der Waals surface area contributed by atoms with Gasteiger partial charge >= 0.3 is 0 Å². The molecule has 0 aromatic carbocycles. The molecule has 1 aliphatic rings. The quantitative estimate of drug-likeness (QED) is 0.822. The molecule has 2 heteroatoms.